The van der Waals surface area contributed by atoms with Crippen LogP contribution >= 0.6 is 11.6 Å². The van der Waals surface area contributed by atoms with Crippen LogP contribution in [0, 0.1) is 11.8 Å². The Morgan fingerprint density at radius 2 is 1.69 bits per heavy atom. The number of hydrogen-bond donors (Lipinski definition) is 1. The van der Waals surface area contributed by atoms with Gasteiger partial charge >= 0.3 is 5.97 Å². The van der Waals surface area contributed by atoms with E-state index in [1.807, 2.05) is 0 Å². The highest BCUT2D eigenvalue weighted by Gasteiger charge is 2.33. The Kier molecular flexibility index (Phi) is 8.08. The van der Waals surface area contributed by atoms with Gasteiger partial charge in [0.1, 0.15) is 6.04 Å². The summed E-state index contributed by atoms with van der Waals surface area (Å²) in [6.07, 6.45) is 0.862. The number of esters is 1. The Morgan fingerprint density at radius 1 is 1.14 bits per heavy atom. The van der Waals surface area contributed by atoms with E-state index in [2.05, 4.69) is 11.6 Å². The van der Waals surface area contributed by atoms with Gasteiger partial charge in [-0.15, -0.1) is 0 Å². The molecule has 1 fully saturated rings. The van der Waals surface area contributed by atoms with Crippen LogP contribution in [0.4, 0.5) is 0 Å². The smallest absolute Gasteiger partial charge is 0.325 e. The minimum atomic E-state index is -3.95. The van der Waals surface area contributed by atoms with Crippen LogP contribution in [0.3, 0.4) is 0 Å². The molecule has 2 rings (SSSR count). The van der Waals surface area contributed by atoms with Gasteiger partial charge in [0.15, 0.2) is 6.10 Å². The van der Waals surface area contributed by atoms with Gasteiger partial charge in [-0.3, -0.25) is 9.59 Å². The van der Waals surface area contributed by atoms with E-state index in [0.29, 0.717) is 24.0 Å². The van der Waals surface area contributed by atoms with Gasteiger partial charge < -0.3 is 9.64 Å². The van der Waals surface area contributed by atoms with Gasteiger partial charge in [-0.05, 0) is 55.9 Å². The highest BCUT2D eigenvalue weighted by atomic mass is 35.5. The van der Waals surface area contributed by atoms with Gasteiger partial charge in [-0.1, -0.05) is 32.4 Å². The second-order valence-electron chi connectivity index (χ2n) is 7.88. The Bertz CT molecular complexity index is 818. The van der Waals surface area contributed by atoms with Crippen LogP contribution in [-0.2, 0) is 24.3 Å². The SMILES string of the molecule is CC1CCN(C(=O)C(C)OC(=O)C(NS(=O)(=O)c2ccc(Cl)cc2)C(C)C)CC1. The number of nitrogens with one attached hydrogen (secondary N) is 1. The number of nitrogens with zero attached hydrogens (tertiary/aromatic N) is 1. The molecular formula is C20H29ClN2O5S. The lowest BCUT2D eigenvalue weighted by Crippen LogP contribution is -2.49. The Labute approximate surface area is 177 Å². The number of sulfonamides is 1. The van der Waals surface area contributed by atoms with Crippen molar-refractivity contribution in [1.29, 1.82) is 0 Å². The molecule has 1 heterocycles. The zero-order chi connectivity index (χ0) is 21.8. The first-order chi connectivity index (χ1) is 13.5. The van der Waals surface area contributed by atoms with Gasteiger partial charge in [0.05, 0.1) is 4.90 Å². The molecule has 0 aromatic heterocycles. The summed E-state index contributed by atoms with van der Waals surface area (Å²) in [5, 5.41) is 0.406. The number of hydrogen-bond acceptors (Lipinski definition) is 5. The summed E-state index contributed by atoms with van der Waals surface area (Å²) in [6, 6.07) is 4.51. The molecule has 0 saturated carbocycles. The molecule has 1 N–H and O–H groups in total. The van der Waals surface area contributed by atoms with Crippen molar-refractivity contribution in [3.8, 4) is 0 Å². The molecule has 1 amide bonds. The first-order valence-electron chi connectivity index (χ1n) is 9.78. The van der Waals surface area contributed by atoms with Crippen LogP contribution < -0.4 is 4.72 Å². The second-order valence-corrected chi connectivity index (χ2v) is 10.0. The average Bonchev–Trinajstić information content (AvgIpc) is 2.66. The molecule has 1 aromatic carbocycles. The zero-order valence-corrected chi connectivity index (χ0v) is 18.8. The standard InChI is InChI=1S/C20H29ClN2O5S/c1-13(2)18(22-29(26,27)17-7-5-16(21)6-8-17)20(25)28-15(4)19(24)23-11-9-14(3)10-12-23/h5-8,13-15,18,22H,9-12H2,1-4H3. The topological polar surface area (TPSA) is 92.8 Å². The van der Waals surface area contributed by atoms with Crippen molar-refractivity contribution in [3.63, 3.8) is 0 Å². The van der Waals surface area contributed by atoms with Gasteiger partial charge in [0.2, 0.25) is 10.0 Å². The van der Waals surface area contributed by atoms with E-state index in [9.17, 15) is 18.0 Å². The van der Waals surface area contributed by atoms with Crippen LogP contribution in [0.5, 0.6) is 0 Å². The van der Waals surface area contributed by atoms with E-state index in [-0.39, 0.29) is 16.7 Å². The van der Waals surface area contributed by atoms with E-state index in [4.69, 9.17) is 16.3 Å². The van der Waals surface area contributed by atoms with Crippen LogP contribution in [0.1, 0.15) is 40.5 Å². The highest BCUT2D eigenvalue weighted by Crippen LogP contribution is 2.19. The summed E-state index contributed by atoms with van der Waals surface area (Å²) in [5.41, 5.74) is 0. The summed E-state index contributed by atoms with van der Waals surface area (Å²) in [5.74, 6) is -0.829. The third-order valence-electron chi connectivity index (χ3n) is 5.06. The number of benzene rings is 1. The molecule has 0 radical (unpaired) electrons. The molecule has 29 heavy (non-hydrogen) atoms. The monoisotopic (exact) mass is 444 g/mol. The molecule has 1 saturated heterocycles. The molecular weight excluding hydrogens is 416 g/mol. The van der Waals surface area contributed by atoms with Crippen molar-refractivity contribution >= 4 is 33.5 Å². The summed E-state index contributed by atoms with van der Waals surface area (Å²) in [6.45, 7) is 8.34. The number of rotatable bonds is 7. The number of amides is 1. The molecule has 1 aromatic rings. The lowest BCUT2D eigenvalue weighted by Gasteiger charge is -2.32. The molecule has 1 aliphatic heterocycles. The van der Waals surface area contributed by atoms with E-state index in [0.717, 1.165) is 12.8 Å². The summed E-state index contributed by atoms with van der Waals surface area (Å²) < 4.78 is 33.0. The molecule has 0 bridgehead atoms. The summed E-state index contributed by atoms with van der Waals surface area (Å²) in [7, 11) is -3.95. The van der Waals surface area contributed by atoms with Crippen LogP contribution in [0.15, 0.2) is 29.2 Å². The van der Waals surface area contributed by atoms with Crippen LogP contribution in [0.2, 0.25) is 5.02 Å². The van der Waals surface area contributed by atoms with Crippen molar-refractivity contribution < 1.29 is 22.7 Å². The maximum Gasteiger partial charge on any atom is 0.325 e. The molecule has 2 unspecified atom stereocenters. The predicted molar refractivity (Wildman–Crippen MR) is 111 cm³/mol. The minimum Gasteiger partial charge on any atom is -0.451 e. The second kappa shape index (κ2) is 9.91. The van der Waals surface area contributed by atoms with Crippen molar-refractivity contribution in [2.75, 3.05) is 13.1 Å². The van der Waals surface area contributed by atoms with Gasteiger partial charge in [0.25, 0.3) is 5.91 Å². The first-order valence-corrected chi connectivity index (χ1v) is 11.6. The number of piperidine rings is 1. The molecule has 7 nitrogen and oxygen atoms in total. The third-order valence-corrected chi connectivity index (χ3v) is 6.77. The molecule has 2 atom stereocenters. The van der Waals surface area contributed by atoms with E-state index in [1.54, 1.807) is 18.7 Å². The van der Waals surface area contributed by atoms with E-state index in [1.165, 1.54) is 31.2 Å². The summed E-state index contributed by atoms with van der Waals surface area (Å²) >= 11 is 5.80. The Morgan fingerprint density at radius 3 is 2.21 bits per heavy atom. The van der Waals surface area contributed by atoms with Crippen molar-refractivity contribution in [2.24, 2.45) is 11.8 Å². The number of halogens is 1. The lowest BCUT2D eigenvalue weighted by molar-refractivity contribution is -0.161. The fourth-order valence-electron chi connectivity index (χ4n) is 3.09. The maximum atomic E-state index is 12.7. The molecule has 162 valence electrons. The predicted octanol–water partition coefficient (Wildman–Crippen LogP) is 2.83. The van der Waals surface area contributed by atoms with Gasteiger partial charge in [0, 0.05) is 18.1 Å². The van der Waals surface area contributed by atoms with E-state index >= 15 is 0 Å². The van der Waals surface area contributed by atoms with Crippen molar-refractivity contribution in [2.45, 2.75) is 57.6 Å². The molecule has 0 aliphatic carbocycles. The number of carbonyl (C=O) groups excluding carboxylic acids is 2. The number of carbonyl (C=O) groups is 2. The number of likely N-dealkylation sites (tertiary alicyclic amines) is 1. The quantitative estimate of drug-likeness (QED) is 0.653. The van der Waals surface area contributed by atoms with Crippen LogP contribution in [0.25, 0.3) is 0 Å². The maximum absolute atomic E-state index is 12.7. The molecule has 0 spiro atoms. The first kappa shape index (κ1) is 23.6. The lowest BCUT2D eigenvalue weighted by atomic mass is 9.99. The Hall–Kier alpha value is -1.64. The minimum absolute atomic E-state index is 0.00749. The van der Waals surface area contributed by atoms with Gasteiger partial charge in [-0.2, -0.15) is 4.72 Å². The summed E-state index contributed by atoms with van der Waals surface area (Å²) in [4.78, 5) is 26.9. The van der Waals surface area contributed by atoms with Crippen molar-refractivity contribution in [3.05, 3.63) is 29.3 Å². The zero-order valence-electron chi connectivity index (χ0n) is 17.2. The third kappa shape index (κ3) is 6.42. The number of ether oxygens (including phenoxy) is 1. The Balaban J connectivity index is 2.05. The molecule has 9 heteroatoms. The average molecular weight is 445 g/mol. The van der Waals surface area contributed by atoms with Gasteiger partial charge in [-0.25, -0.2) is 8.42 Å². The fourth-order valence-corrected chi connectivity index (χ4v) is 4.55. The highest BCUT2D eigenvalue weighted by molar-refractivity contribution is 7.89. The van der Waals surface area contributed by atoms with Crippen LogP contribution in [-0.4, -0.2) is 50.4 Å². The van der Waals surface area contributed by atoms with E-state index < -0.39 is 28.1 Å². The van der Waals surface area contributed by atoms with Crippen molar-refractivity contribution in [1.82, 2.24) is 9.62 Å². The normalized spacial score (nSPS) is 17.8. The largest absolute Gasteiger partial charge is 0.451 e. The molecule has 1 aliphatic rings. The fraction of sp³-hybridized carbons (Fsp3) is 0.600.